The molecular formula is C27H25F7N4O3. The summed E-state index contributed by atoms with van der Waals surface area (Å²) in [5, 5.41) is 0. The van der Waals surface area contributed by atoms with Crippen LogP contribution in [0.1, 0.15) is 16.7 Å². The van der Waals surface area contributed by atoms with E-state index in [0.717, 1.165) is 11.6 Å². The molecule has 1 saturated carbocycles. The third-order valence-corrected chi connectivity index (χ3v) is 7.28. The number of amides is 1. The third-order valence-electron chi connectivity index (χ3n) is 7.28. The van der Waals surface area contributed by atoms with Crippen molar-refractivity contribution in [2.24, 2.45) is 24.8 Å². The van der Waals surface area contributed by atoms with Crippen molar-refractivity contribution in [3.8, 4) is 11.6 Å². The zero-order chi connectivity index (χ0) is 29.5. The lowest BCUT2D eigenvalue weighted by molar-refractivity contribution is -0.274. The lowest BCUT2D eigenvalue weighted by Crippen LogP contribution is -2.37. The van der Waals surface area contributed by atoms with Crippen LogP contribution >= 0.6 is 0 Å². The van der Waals surface area contributed by atoms with Crippen molar-refractivity contribution >= 4 is 6.09 Å². The summed E-state index contributed by atoms with van der Waals surface area (Å²) >= 11 is 0. The fraction of sp³-hybridized carbons (Fsp3) is 0.407. The smallest absolute Gasteiger partial charge is 0.406 e. The highest BCUT2D eigenvalue weighted by Crippen LogP contribution is 2.52. The van der Waals surface area contributed by atoms with Crippen LogP contribution in [-0.4, -0.2) is 51.4 Å². The van der Waals surface area contributed by atoms with E-state index in [1.165, 1.54) is 35.6 Å². The summed E-state index contributed by atoms with van der Waals surface area (Å²) in [6.07, 6.45) is -7.53. The summed E-state index contributed by atoms with van der Waals surface area (Å²) in [7, 11) is 1.68. The number of carbonyl (C=O) groups excluding carboxylic acids is 1. The van der Waals surface area contributed by atoms with Gasteiger partial charge in [0.05, 0.1) is 18.1 Å². The number of ether oxygens (including phenoxy) is 2. The number of fused-ring (bicyclic) bond motifs is 1. The molecule has 0 spiro atoms. The van der Waals surface area contributed by atoms with E-state index in [0.29, 0.717) is 25.7 Å². The van der Waals surface area contributed by atoms with Crippen molar-refractivity contribution < 1.29 is 45.0 Å². The summed E-state index contributed by atoms with van der Waals surface area (Å²) in [5.41, 5.74) is -0.498. The van der Waals surface area contributed by atoms with Gasteiger partial charge in [0.25, 0.3) is 0 Å². The number of rotatable bonds is 8. The van der Waals surface area contributed by atoms with Crippen molar-refractivity contribution in [3.05, 3.63) is 77.5 Å². The van der Waals surface area contributed by atoms with Crippen LogP contribution in [0.3, 0.4) is 0 Å². The standard InChI is InChI=1S/C27H25F7N4O3/c1-36-14-24(35-15-36)40-25(39)38(10-17-4-7-23(28)22(8-17)26(29,30)31)13-21-19-11-37(12-20(19)21)9-16-2-5-18(6-3-16)41-27(32,33)34/h2-8,14-15,19-21H,9-13H2,1H3. The van der Waals surface area contributed by atoms with Gasteiger partial charge in [-0.15, -0.1) is 13.2 Å². The van der Waals surface area contributed by atoms with Crippen LogP contribution in [0.25, 0.3) is 0 Å². The predicted octanol–water partition coefficient (Wildman–Crippen LogP) is 5.86. The van der Waals surface area contributed by atoms with Gasteiger partial charge in [0.15, 0.2) is 0 Å². The topological polar surface area (TPSA) is 59.8 Å². The maximum absolute atomic E-state index is 13.8. The molecule has 1 saturated heterocycles. The van der Waals surface area contributed by atoms with E-state index in [4.69, 9.17) is 4.74 Å². The molecule has 1 aliphatic carbocycles. The normalized spacial score (nSPS) is 20.5. The Morgan fingerprint density at radius 3 is 2.27 bits per heavy atom. The van der Waals surface area contributed by atoms with Crippen LogP contribution < -0.4 is 9.47 Å². The molecule has 41 heavy (non-hydrogen) atoms. The first-order valence-electron chi connectivity index (χ1n) is 12.6. The summed E-state index contributed by atoms with van der Waals surface area (Å²) in [5.74, 6) is -1.13. The predicted molar refractivity (Wildman–Crippen MR) is 130 cm³/mol. The van der Waals surface area contributed by atoms with Gasteiger partial charge in [0.2, 0.25) is 5.88 Å². The van der Waals surface area contributed by atoms with Crippen molar-refractivity contribution in [2.45, 2.75) is 25.6 Å². The van der Waals surface area contributed by atoms with E-state index in [9.17, 15) is 35.5 Å². The molecule has 1 aliphatic heterocycles. The molecule has 0 bridgehead atoms. The zero-order valence-corrected chi connectivity index (χ0v) is 21.6. The summed E-state index contributed by atoms with van der Waals surface area (Å²) < 4.78 is 102. The molecule has 1 amide bonds. The van der Waals surface area contributed by atoms with E-state index >= 15 is 0 Å². The Balaban J connectivity index is 1.22. The number of aryl methyl sites for hydroxylation is 1. The number of hydrogen-bond donors (Lipinski definition) is 0. The molecule has 220 valence electrons. The van der Waals surface area contributed by atoms with Gasteiger partial charge in [-0.2, -0.15) is 13.2 Å². The number of piperidine rings is 1. The molecule has 2 aliphatic rings. The number of nitrogens with zero attached hydrogens (tertiary/aromatic N) is 4. The molecule has 2 unspecified atom stereocenters. The maximum Gasteiger partial charge on any atom is 0.573 e. The highest BCUT2D eigenvalue weighted by Gasteiger charge is 2.56. The van der Waals surface area contributed by atoms with Crippen LogP contribution in [0.15, 0.2) is 55.0 Å². The summed E-state index contributed by atoms with van der Waals surface area (Å²) in [6, 6.07) is 8.26. The molecule has 0 N–H and O–H groups in total. The molecule has 2 aromatic carbocycles. The molecule has 3 aromatic rings. The molecular weight excluding hydrogens is 561 g/mol. The molecule has 2 heterocycles. The van der Waals surface area contributed by atoms with Crippen molar-refractivity contribution in [1.29, 1.82) is 0 Å². The average molecular weight is 587 g/mol. The van der Waals surface area contributed by atoms with Gasteiger partial charge >= 0.3 is 18.6 Å². The Morgan fingerprint density at radius 2 is 1.68 bits per heavy atom. The minimum atomic E-state index is -4.89. The largest absolute Gasteiger partial charge is 0.573 e. The molecule has 2 fully saturated rings. The van der Waals surface area contributed by atoms with Crippen LogP contribution in [0.4, 0.5) is 35.5 Å². The number of alkyl halides is 6. The Morgan fingerprint density at radius 1 is 1.02 bits per heavy atom. The fourth-order valence-electron chi connectivity index (χ4n) is 5.35. The molecule has 7 nitrogen and oxygen atoms in total. The summed E-state index contributed by atoms with van der Waals surface area (Å²) in [4.78, 5) is 20.4. The average Bonchev–Trinajstić information content (AvgIpc) is 3.16. The number of hydrogen-bond acceptors (Lipinski definition) is 5. The molecule has 1 aromatic heterocycles. The number of likely N-dealkylation sites (tertiary alicyclic amines) is 1. The Hall–Kier alpha value is -3.81. The Bertz CT molecular complexity index is 1380. The minimum absolute atomic E-state index is 0.0337. The van der Waals surface area contributed by atoms with Gasteiger partial charge in [-0.1, -0.05) is 18.2 Å². The zero-order valence-electron chi connectivity index (χ0n) is 21.6. The van der Waals surface area contributed by atoms with Crippen LogP contribution in [0.2, 0.25) is 0 Å². The minimum Gasteiger partial charge on any atom is -0.406 e. The Kier molecular flexibility index (Phi) is 7.62. The second kappa shape index (κ2) is 10.9. The number of aromatic nitrogens is 2. The fourth-order valence-corrected chi connectivity index (χ4v) is 5.35. The second-order valence-electron chi connectivity index (χ2n) is 10.3. The van der Waals surface area contributed by atoms with E-state index in [1.807, 2.05) is 0 Å². The van der Waals surface area contributed by atoms with Gasteiger partial charge in [-0.05, 0) is 53.1 Å². The lowest BCUT2D eigenvalue weighted by Gasteiger charge is -2.25. The molecule has 14 heteroatoms. The van der Waals surface area contributed by atoms with E-state index < -0.39 is 30.0 Å². The van der Waals surface area contributed by atoms with Gasteiger partial charge < -0.3 is 18.9 Å². The van der Waals surface area contributed by atoms with Gasteiger partial charge in [0.1, 0.15) is 11.6 Å². The van der Waals surface area contributed by atoms with Crippen molar-refractivity contribution in [1.82, 2.24) is 19.4 Å². The highest BCUT2D eigenvalue weighted by molar-refractivity contribution is 5.70. The number of carbonyl (C=O) groups is 1. The van der Waals surface area contributed by atoms with E-state index in [2.05, 4.69) is 14.6 Å². The van der Waals surface area contributed by atoms with E-state index in [-0.39, 0.29) is 48.0 Å². The first-order chi connectivity index (χ1) is 19.2. The van der Waals surface area contributed by atoms with Gasteiger partial charge in [-0.25, -0.2) is 14.2 Å². The number of imidazole rings is 1. The summed E-state index contributed by atoms with van der Waals surface area (Å²) in [6.45, 7) is 1.90. The van der Waals surface area contributed by atoms with Gasteiger partial charge in [-0.3, -0.25) is 4.90 Å². The molecule has 2 atom stereocenters. The van der Waals surface area contributed by atoms with Crippen LogP contribution in [0.5, 0.6) is 11.6 Å². The Labute approximate surface area is 230 Å². The second-order valence-corrected chi connectivity index (χ2v) is 10.3. The maximum atomic E-state index is 13.8. The van der Waals surface area contributed by atoms with Crippen molar-refractivity contribution in [2.75, 3.05) is 19.6 Å². The third kappa shape index (κ3) is 7.10. The van der Waals surface area contributed by atoms with Gasteiger partial charge in [0, 0.05) is 39.8 Å². The van der Waals surface area contributed by atoms with Crippen molar-refractivity contribution in [3.63, 3.8) is 0 Å². The first kappa shape index (κ1) is 28.7. The van der Waals surface area contributed by atoms with Crippen LogP contribution in [-0.2, 0) is 26.3 Å². The quantitative estimate of drug-likeness (QED) is 0.310. The SMILES string of the molecule is Cn1cnc(OC(=O)N(Cc2ccc(F)c(C(F)(F)F)c2)CC2C3CN(Cc4ccc(OC(F)(F)F)cc4)CC32)c1. The molecule has 0 radical (unpaired) electrons. The number of benzene rings is 2. The monoisotopic (exact) mass is 586 g/mol. The lowest BCUT2D eigenvalue weighted by atomic mass is 10.1. The first-order valence-corrected chi connectivity index (χ1v) is 12.6. The number of halogens is 7. The van der Waals surface area contributed by atoms with E-state index in [1.54, 1.807) is 23.7 Å². The molecule has 5 rings (SSSR count). The highest BCUT2D eigenvalue weighted by atomic mass is 19.4. The van der Waals surface area contributed by atoms with Crippen LogP contribution in [0, 0.1) is 23.6 Å².